The highest BCUT2D eigenvalue weighted by atomic mass is 32.2. The molecular formula is C18H14N6O4S3. The van der Waals surface area contributed by atoms with Crippen LogP contribution >= 0.6 is 23.1 Å². The lowest BCUT2D eigenvalue weighted by atomic mass is 10.3. The zero-order valence-electron chi connectivity index (χ0n) is 15.9. The molecule has 10 nitrogen and oxygen atoms in total. The van der Waals surface area contributed by atoms with E-state index in [1.807, 2.05) is 0 Å². The molecule has 4 aromatic rings. The summed E-state index contributed by atoms with van der Waals surface area (Å²) in [6.07, 6.45) is 5.49. The fourth-order valence-electron chi connectivity index (χ4n) is 2.63. The Balaban J connectivity index is 1.73. The number of benzene rings is 1. The van der Waals surface area contributed by atoms with E-state index in [-0.39, 0.29) is 32.9 Å². The molecule has 3 heterocycles. The summed E-state index contributed by atoms with van der Waals surface area (Å²) in [5.41, 5.74) is 0.124. The van der Waals surface area contributed by atoms with Crippen LogP contribution in [0.1, 0.15) is 0 Å². The number of hydrogen-bond donors (Lipinski definition) is 1. The van der Waals surface area contributed by atoms with Gasteiger partial charge in [-0.25, -0.2) is 28.4 Å². The van der Waals surface area contributed by atoms with Crippen LogP contribution in [0.25, 0.3) is 16.9 Å². The third kappa shape index (κ3) is 4.62. The summed E-state index contributed by atoms with van der Waals surface area (Å²) in [6, 6.07) is 5.81. The van der Waals surface area contributed by atoms with Crippen molar-refractivity contribution < 1.29 is 13.2 Å². The van der Waals surface area contributed by atoms with Crippen molar-refractivity contribution in [1.82, 2.24) is 24.5 Å². The van der Waals surface area contributed by atoms with Gasteiger partial charge < -0.3 is 5.32 Å². The van der Waals surface area contributed by atoms with Crippen LogP contribution < -0.4 is 10.9 Å². The van der Waals surface area contributed by atoms with Gasteiger partial charge in [-0.3, -0.25) is 14.2 Å². The van der Waals surface area contributed by atoms with Gasteiger partial charge in [-0.05, 0) is 24.3 Å². The molecule has 158 valence electrons. The van der Waals surface area contributed by atoms with E-state index in [1.165, 1.54) is 52.6 Å². The summed E-state index contributed by atoms with van der Waals surface area (Å²) in [6.45, 7) is 0. The molecule has 0 aliphatic heterocycles. The summed E-state index contributed by atoms with van der Waals surface area (Å²) in [5, 5.41) is 5.10. The molecule has 1 aromatic carbocycles. The van der Waals surface area contributed by atoms with Crippen molar-refractivity contribution in [3.63, 3.8) is 0 Å². The first-order chi connectivity index (χ1) is 14.8. The molecule has 0 unspecified atom stereocenters. The zero-order valence-corrected chi connectivity index (χ0v) is 18.4. The third-order valence-corrected chi connectivity index (χ3v) is 6.77. The number of nitrogens with zero attached hydrogens (tertiary/aromatic N) is 5. The van der Waals surface area contributed by atoms with E-state index in [0.717, 1.165) is 18.0 Å². The van der Waals surface area contributed by atoms with Crippen LogP contribution in [0.5, 0.6) is 0 Å². The Hall–Kier alpha value is -3.16. The van der Waals surface area contributed by atoms with Crippen LogP contribution in [0.2, 0.25) is 0 Å². The van der Waals surface area contributed by atoms with E-state index >= 15 is 0 Å². The lowest BCUT2D eigenvalue weighted by Crippen LogP contribution is -2.24. The molecule has 1 N–H and O–H groups in total. The average Bonchev–Trinajstić information content (AvgIpc) is 3.25. The number of carbonyl (C=O) groups excluding carboxylic acids is 1. The second kappa shape index (κ2) is 8.53. The fraction of sp³-hybridized carbons (Fsp3) is 0.111. The first-order valence-corrected chi connectivity index (χ1v) is 12.4. The normalized spacial score (nSPS) is 11.5. The Labute approximate surface area is 184 Å². The van der Waals surface area contributed by atoms with E-state index in [9.17, 15) is 18.0 Å². The summed E-state index contributed by atoms with van der Waals surface area (Å²) in [5.74, 6) is -0.341. The van der Waals surface area contributed by atoms with E-state index < -0.39 is 15.4 Å². The number of thioether (sulfide) groups is 1. The highest BCUT2D eigenvalue weighted by Crippen LogP contribution is 2.22. The van der Waals surface area contributed by atoms with Gasteiger partial charge in [0.05, 0.1) is 16.3 Å². The predicted octanol–water partition coefficient (Wildman–Crippen LogP) is 1.77. The summed E-state index contributed by atoms with van der Waals surface area (Å²) >= 11 is 2.33. The van der Waals surface area contributed by atoms with Crippen LogP contribution in [0.4, 0.5) is 5.13 Å². The SMILES string of the molecule is CS(=O)(=O)c1ccc(-n2c(SCC(=O)Nc3nccs3)nc3nccnc3c2=O)cc1. The molecule has 0 radical (unpaired) electrons. The number of amides is 1. The molecule has 0 atom stereocenters. The first-order valence-electron chi connectivity index (χ1n) is 8.69. The Morgan fingerprint density at radius 2 is 1.87 bits per heavy atom. The number of carbonyl (C=O) groups is 1. The maximum Gasteiger partial charge on any atom is 0.286 e. The van der Waals surface area contributed by atoms with E-state index in [1.54, 1.807) is 11.6 Å². The molecule has 0 saturated carbocycles. The summed E-state index contributed by atoms with van der Waals surface area (Å²) < 4.78 is 24.8. The highest BCUT2D eigenvalue weighted by molar-refractivity contribution is 7.99. The minimum absolute atomic E-state index is 0.0286. The molecule has 0 aliphatic rings. The number of fused-ring (bicyclic) bond motifs is 1. The number of aromatic nitrogens is 5. The molecule has 3 aromatic heterocycles. The summed E-state index contributed by atoms with van der Waals surface area (Å²) in [4.78, 5) is 42.0. The van der Waals surface area contributed by atoms with Gasteiger partial charge in [0.15, 0.2) is 31.3 Å². The maximum absolute atomic E-state index is 13.1. The molecule has 0 aliphatic carbocycles. The Kier molecular flexibility index (Phi) is 5.80. The van der Waals surface area contributed by atoms with Gasteiger partial charge in [0.2, 0.25) is 5.91 Å². The average molecular weight is 475 g/mol. The maximum atomic E-state index is 13.1. The Morgan fingerprint density at radius 3 is 2.55 bits per heavy atom. The van der Waals surface area contributed by atoms with E-state index in [0.29, 0.717) is 10.8 Å². The largest absolute Gasteiger partial charge is 0.301 e. The number of thiazole rings is 1. The van der Waals surface area contributed by atoms with Gasteiger partial charge in [0.25, 0.3) is 5.56 Å². The van der Waals surface area contributed by atoms with Crippen LogP contribution in [0.15, 0.2) is 63.1 Å². The fourth-order valence-corrected chi connectivity index (χ4v) is 4.61. The number of hydrogen-bond acceptors (Lipinski definition) is 10. The van der Waals surface area contributed by atoms with Crippen molar-refractivity contribution in [2.45, 2.75) is 10.1 Å². The summed E-state index contributed by atoms with van der Waals surface area (Å²) in [7, 11) is -3.39. The van der Waals surface area contributed by atoms with Crippen LogP contribution in [-0.2, 0) is 14.6 Å². The zero-order chi connectivity index (χ0) is 22.0. The number of nitrogens with one attached hydrogen (secondary N) is 1. The number of anilines is 1. The molecule has 13 heteroatoms. The predicted molar refractivity (Wildman–Crippen MR) is 118 cm³/mol. The minimum atomic E-state index is -3.39. The van der Waals surface area contributed by atoms with Crippen LogP contribution in [-0.4, -0.2) is 50.8 Å². The smallest absolute Gasteiger partial charge is 0.286 e. The van der Waals surface area contributed by atoms with Crippen molar-refractivity contribution in [1.29, 1.82) is 0 Å². The molecule has 0 spiro atoms. The molecular weight excluding hydrogens is 460 g/mol. The van der Waals surface area contributed by atoms with Gasteiger partial charge in [-0.2, -0.15) is 0 Å². The first kappa shape index (κ1) is 21.1. The Morgan fingerprint density at radius 1 is 1.13 bits per heavy atom. The van der Waals surface area contributed by atoms with Gasteiger partial charge in [0, 0.05) is 30.2 Å². The highest BCUT2D eigenvalue weighted by Gasteiger charge is 2.17. The Bertz CT molecular complexity index is 1420. The molecule has 1 amide bonds. The van der Waals surface area contributed by atoms with Crippen LogP contribution in [0, 0.1) is 0 Å². The monoisotopic (exact) mass is 474 g/mol. The topological polar surface area (TPSA) is 137 Å². The molecule has 4 rings (SSSR count). The number of rotatable bonds is 6. The van der Waals surface area contributed by atoms with Crippen molar-refractivity contribution in [2.24, 2.45) is 0 Å². The van der Waals surface area contributed by atoms with Gasteiger partial charge in [-0.15, -0.1) is 11.3 Å². The van der Waals surface area contributed by atoms with Gasteiger partial charge >= 0.3 is 0 Å². The van der Waals surface area contributed by atoms with Gasteiger partial charge in [0.1, 0.15) is 0 Å². The molecule has 0 fully saturated rings. The second-order valence-electron chi connectivity index (χ2n) is 6.20. The van der Waals surface area contributed by atoms with Crippen molar-refractivity contribution >= 4 is 55.1 Å². The lowest BCUT2D eigenvalue weighted by Gasteiger charge is -2.12. The van der Waals surface area contributed by atoms with Gasteiger partial charge in [-0.1, -0.05) is 11.8 Å². The van der Waals surface area contributed by atoms with Crippen molar-refractivity contribution in [2.75, 3.05) is 17.3 Å². The number of sulfone groups is 1. The molecule has 0 saturated heterocycles. The minimum Gasteiger partial charge on any atom is -0.301 e. The lowest BCUT2D eigenvalue weighted by molar-refractivity contribution is -0.113. The van der Waals surface area contributed by atoms with E-state index in [4.69, 9.17) is 0 Å². The quantitative estimate of drug-likeness (QED) is 0.327. The third-order valence-electron chi connectivity index (χ3n) is 4.01. The van der Waals surface area contributed by atoms with E-state index in [2.05, 4.69) is 25.3 Å². The molecule has 0 bridgehead atoms. The second-order valence-corrected chi connectivity index (χ2v) is 10.1. The molecule has 31 heavy (non-hydrogen) atoms. The van der Waals surface area contributed by atoms with Crippen molar-refractivity contribution in [3.8, 4) is 5.69 Å². The van der Waals surface area contributed by atoms with Crippen LogP contribution in [0.3, 0.4) is 0 Å². The standard InChI is InChI=1S/C18H14N6O4S3/c1-31(27,28)12-4-2-11(3-5-12)24-16(26)14-15(20-7-6-19-14)23-18(24)30-10-13(25)22-17-21-8-9-29-17/h2-9H,10H2,1H3,(H,21,22,25). The van der Waals surface area contributed by atoms with Crippen molar-refractivity contribution in [3.05, 3.63) is 58.6 Å².